The van der Waals surface area contributed by atoms with Crippen molar-refractivity contribution in [3.8, 4) is 5.75 Å². The van der Waals surface area contributed by atoms with Gasteiger partial charge in [0.1, 0.15) is 11.4 Å². The maximum absolute atomic E-state index is 12.3. The fourth-order valence-corrected chi connectivity index (χ4v) is 4.38. The summed E-state index contributed by atoms with van der Waals surface area (Å²) in [6.07, 6.45) is 2.12. The van der Waals surface area contributed by atoms with Gasteiger partial charge in [0.05, 0.1) is 22.2 Å². The van der Waals surface area contributed by atoms with Crippen molar-refractivity contribution in [1.29, 1.82) is 0 Å². The first-order chi connectivity index (χ1) is 8.90. The molecular weight excluding hydrogens is 472 g/mol. The number of hydrogen-bond acceptors (Lipinski definition) is 3. The second-order valence-electron chi connectivity index (χ2n) is 5.32. The molecule has 0 radical (unpaired) electrons. The van der Waals surface area contributed by atoms with Crippen molar-refractivity contribution in [1.82, 2.24) is 4.90 Å². The molecule has 2 fully saturated rings. The zero-order valence-electron chi connectivity index (χ0n) is 10.1. The van der Waals surface area contributed by atoms with E-state index in [-0.39, 0.29) is 11.7 Å². The number of halogens is 2. The minimum atomic E-state index is -0.680. The smallest absolute Gasteiger partial charge is 0.257 e. The van der Waals surface area contributed by atoms with E-state index in [1.54, 1.807) is 11.0 Å². The van der Waals surface area contributed by atoms with Crippen LogP contribution in [0.15, 0.2) is 12.1 Å². The van der Waals surface area contributed by atoms with Gasteiger partial charge in [0.15, 0.2) is 0 Å². The highest BCUT2D eigenvalue weighted by atomic mass is 127. The van der Waals surface area contributed by atoms with Crippen LogP contribution < -0.4 is 0 Å². The van der Waals surface area contributed by atoms with E-state index in [9.17, 15) is 15.0 Å². The molecule has 1 aliphatic carbocycles. The summed E-state index contributed by atoms with van der Waals surface area (Å²) in [7, 11) is 0. The molecule has 1 aliphatic heterocycles. The molecule has 0 bridgehead atoms. The molecule has 0 unspecified atom stereocenters. The fraction of sp³-hybridized carbons (Fsp3) is 0.462. The Labute approximate surface area is 138 Å². The number of aliphatic hydroxyl groups is 1. The van der Waals surface area contributed by atoms with Gasteiger partial charge in [0, 0.05) is 3.57 Å². The normalized spacial score (nSPS) is 21.1. The highest BCUT2D eigenvalue weighted by Gasteiger charge is 2.53. The maximum Gasteiger partial charge on any atom is 0.257 e. The van der Waals surface area contributed by atoms with E-state index in [2.05, 4.69) is 22.6 Å². The highest BCUT2D eigenvalue weighted by Crippen LogP contribution is 2.45. The summed E-state index contributed by atoms with van der Waals surface area (Å²) < 4.78 is 1.59. The third kappa shape index (κ3) is 2.46. The molecule has 2 aliphatic rings. The molecule has 0 atom stereocenters. The summed E-state index contributed by atoms with van der Waals surface area (Å²) in [5.74, 6) is 0.202. The van der Waals surface area contributed by atoms with Crippen molar-refractivity contribution in [3.63, 3.8) is 0 Å². The fourth-order valence-electron chi connectivity index (χ4n) is 2.54. The molecule has 1 aromatic carbocycles. The molecule has 102 valence electrons. The van der Waals surface area contributed by atoms with E-state index < -0.39 is 5.60 Å². The van der Waals surface area contributed by atoms with Gasteiger partial charge >= 0.3 is 0 Å². The third-order valence-electron chi connectivity index (χ3n) is 3.81. The Balaban J connectivity index is 1.78. The van der Waals surface area contributed by atoms with Crippen molar-refractivity contribution < 1.29 is 15.0 Å². The average molecular weight is 485 g/mol. The van der Waals surface area contributed by atoms with Crippen molar-refractivity contribution in [2.45, 2.75) is 18.4 Å². The number of benzene rings is 1. The average Bonchev–Trinajstić information content (AvgIpc) is 3.13. The van der Waals surface area contributed by atoms with Gasteiger partial charge in [-0.3, -0.25) is 4.79 Å². The minimum Gasteiger partial charge on any atom is -0.506 e. The van der Waals surface area contributed by atoms with Crippen LogP contribution in [0.2, 0.25) is 0 Å². The highest BCUT2D eigenvalue weighted by molar-refractivity contribution is 14.1. The van der Waals surface area contributed by atoms with Gasteiger partial charge in [-0.2, -0.15) is 0 Å². The second kappa shape index (κ2) is 4.73. The Hall–Kier alpha value is -0.0900. The number of nitrogens with zero attached hydrogens (tertiary/aromatic N) is 1. The van der Waals surface area contributed by atoms with Gasteiger partial charge < -0.3 is 15.1 Å². The summed E-state index contributed by atoms with van der Waals surface area (Å²) in [6, 6.07) is 3.51. The lowest BCUT2D eigenvalue weighted by atomic mass is 9.88. The number of phenolic OH excluding ortho intramolecular Hbond substituents is 1. The molecule has 1 saturated carbocycles. The molecule has 1 aromatic rings. The zero-order chi connectivity index (χ0) is 13.8. The number of rotatable bonds is 2. The molecule has 19 heavy (non-hydrogen) atoms. The van der Waals surface area contributed by atoms with Gasteiger partial charge in [0.25, 0.3) is 5.91 Å². The summed E-state index contributed by atoms with van der Waals surface area (Å²) >= 11 is 4.14. The molecule has 6 heteroatoms. The van der Waals surface area contributed by atoms with Crippen LogP contribution in [0.4, 0.5) is 0 Å². The number of β-amino-alcohol motifs (C(OH)–C–C–N with tert-alkyl or cyclic N) is 1. The van der Waals surface area contributed by atoms with Gasteiger partial charge in [-0.15, -0.1) is 0 Å². The third-order valence-corrected chi connectivity index (χ3v) is 5.26. The second-order valence-corrected chi connectivity index (χ2v) is 7.73. The molecular formula is C13H13I2NO3. The first-order valence-electron chi connectivity index (χ1n) is 6.10. The quantitative estimate of drug-likeness (QED) is 0.633. The largest absolute Gasteiger partial charge is 0.506 e. The molecule has 1 saturated heterocycles. The molecule has 0 spiro atoms. The Bertz CT molecular complexity index is 551. The van der Waals surface area contributed by atoms with Gasteiger partial charge in [-0.25, -0.2) is 0 Å². The predicted molar refractivity (Wildman–Crippen MR) is 87.1 cm³/mol. The van der Waals surface area contributed by atoms with Crippen molar-refractivity contribution in [3.05, 3.63) is 24.8 Å². The van der Waals surface area contributed by atoms with Crippen LogP contribution in [0.1, 0.15) is 23.2 Å². The van der Waals surface area contributed by atoms with Crippen molar-refractivity contribution in [2.24, 2.45) is 5.92 Å². The lowest BCUT2D eigenvalue weighted by Gasteiger charge is -2.47. The van der Waals surface area contributed by atoms with E-state index in [1.165, 1.54) is 0 Å². The van der Waals surface area contributed by atoms with Gasteiger partial charge in [-0.05, 0) is 76.1 Å². The molecule has 3 rings (SSSR count). The van der Waals surface area contributed by atoms with E-state index in [4.69, 9.17) is 0 Å². The summed E-state index contributed by atoms with van der Waals surface area (Å²) in [6.45, 7) is 0.774. The first-order valence-corrected chi connectivity index (χ1v) is 8.26. The monoisotopic (exact) mass is 485 g/mol. The van der Waals surface area contributed by atoms with E-state index >= 15 is 0 Å². The zero-order valence-corrected chi connectivity index (χ0v) is 14.4. The Morgan fingerprint density at radius 2 is 1.95 bits per heavy atom. The van der Waals surface area contributed by atoms with Crippen LogP contribution in [0.3, 0.4) is 0 Å². The molecule has 4 nitrogen and oxygen atoms in total. The van der Waals surface area contributed by atoms with E-state index in [0.717, 1.165) is 16.4 Å². The van der Waals surface area contributed by atoms with Gasteiger partial charge in [-0.1, -0.05) is 0 Å². The topological polar surface area (TPSA) is 60.8 Å². The van der Waals surface area contributed by atoms with Crippen molar-refractivity contribution >= 4 is 51.1 Å². The molecule has 1 amide bonds. The molecule has 1 heterocycles. The van der Waals surface area contributed by atoms with Crippen LogP contribution >= 0.6 is 45.2 Å². The standard InChI is InChI=1S/C13H13I2NO3/c14-8-3-9(11(17)10(15)4-8)12(18)16-5-13(19,6-16)7-1-2-7/h3-4,7,17,19H,1-2,5-6H2. The number of carbonyl (C=O) groups is 1. The lowest BCUT2D eigenvalue weighted by Crippen LogP contribution is -2.64. The molecule has 2 N–H and O–H groups in total. The Morgan fingerprint density at radius 3 is 2.53 bits per heavy atom. The van der Waals surface area contributed by atoms with Crippen LogP contribution in [0.25, 0.3) is 0 Å². The van der Waals surface area contributed by atoms with Crippen LogP contribution in [-0.4, -0.2) is 39.7 Å². The first kappa shape index (κ1) is 13.9. The lowest BCUT2D eigenvalue weighted by molar-refractivity contribution is -0.0958. The summed E-state index contributed by atoms with van der Waals surface area (Å²) in [4.78, 5) is 13.9. The number of aromatic hydroxyl groups is 1. The minimum absolute atomic E-state index is 0.0351. The maximum atomic E-state index is 12.3. The summed E-state index contributed by atoms with van der Waals surface area (Å²) in [5.41, 5.74) is -0.352. The molecule has 0 aromatic heterocycles. The van der Waals surface area contributed by atoms with Gasteiger partial charge in [0.2, 0.25) is 0 Å². The number of likely N-dealkylation sites (tertiary alicyclic amines) is 1. The van der Waals surface area contributed by atoms with Crippen LogP contribution in [-0.2, 0) is 0 Å². The van der Waals surface area contributed by atoms with Crippen LogP contribution in [0, 0.1) is 13.1 Å². The predicted octanol–water partition coefficient (Wildman–Crippen LogP) is 2.20. The number of hydrogen-bond donors (Lipinski definition) is 2. The van der Waals surface area contributed by atoms with E-state index in [1.807, 2.05) is 28.7 Å². The number of amides is 1. The summed E-state index contributed by atoms with van der Waals surface area (Å²) in [5, 5.41) is 20.2. The Kier molecular flexibility index (Phi) is 3.45. The number of phenols is 1. The Morgan fingerprint density at radius 1 is 1.32 bits per heavy atom. The van der Waals surface area contributed by atoms with E-state index in [0.29, 0.717) is 28.1 Å². The van der Waals surface area contributed by atoms with Crippen LogP contribution in [0.5, 0.6) is 5.75 Å². The van der Waals surface area contributed by atoms with Crippen molar-refractivity contribution in [2.75, 3.05) is 13.1 Å². The number of carbonyl (C=O) groups excluding carboxylic acids is 1. The SMILES string of the molecule is O=C(c1cc(I)cc(I)c1O)N1CC(O)(C2CC2)C1.